The van der Waals surface area contributed by atoms with Gasteiger partial charge in [-0.1, -0.05) is 6.92 Å². The van der Waals surface area contributed by atoms with E-state index in [1.165, 1.54) is 0 Å². The van der Waals surface area contributed by atoms with Crippen molar-refractivity contribution in [3.63, 3.8) is 0 Å². The predicted molar refractivity (Wildman–Crippen MR) is 75.9 cm³/mol. The zero-order valence-corrected chi connectivity index (χ0v) is 12.6. The van der Waals surface area contributed by atoms with Crippen molar-refractivity contribution in [1.29, 1.82) is 0 Å². The van der Waals surface area contributed by atoms with Crippen LogP contribution < -0.4 is 5.32 Å². The molecule has 1 unspecified atom stereocenters. The molecule has 18 heavy (non-hydrogen) atoms. The molecule has 1 aliphatic heterocycles. The smallest absolute Gasteiger partial charge is 0.144 e. The molecule has 1 fully saturated rings. The van der Waals surface area contributed by atoms with Gasteiger partial charge in [-0.3, -0.25) is 0 Å². The number of ether oxygens (including phenoxy) is 1. The second kappa shape index (κ2) is 6.48. The summed E-state index contributed by atoms with van der Waals surface area (Å²) in [6.07, 6.45) is 2.95. The van der Waals surface area contributed by atoms with E-state index in [0.717, 1.165) is 60.8 Å². The monoisotopic (exact) mass is 313 g/mol. The van der Waals surface area contributed by atoms with E-state index in [1.54, 1.807) is 0 Å². The highest BCUT2D eigenvalue weighted by molar-refractivity contribution is 9.10. The molecule has 0 aromatic carbocycles. The molecular formula is C13H20BrN3O. The Morgan fingerprint density at radius 2 is 2.22 bits per heavy atom. The maximum atomic E-state index is 5.41. The number of rotatable bonds is 5. The minimum atomic E-state index is 0.574. The van der Waals surface area contributed by atoms with Crippen LogP contribution in [0.2, 0.25) is 0 Å². The van der Waals surface area contributed by atoms with Gasteiger partial charge in [-0.25, -0.2) is 9.97 Å². The largest absolute Gasteiger partial charge is 0.381 e. The molecule has 1 aromatic rings. The molecule has 4 nitrogen and oxygen atoms in total. The summed E-state index contributed by atoms with van der Waals surface area (Å²) in [5, 5.41) is 3.29. The number of anilines is 1. The molecule has 0 spiro atoms. The quantitative estimate of drug-likeness (QED) is 0.908. The van der Waals surface area contributed by atoms with Crippen molar-refractivity contribution in [1.82, 2.24) is 9.97 Å². The van der Waals surface area contributed by atoms with Crippen LogP contribution in [0.4, 0.5) is 5.82 Å². The van der Waals surface area contributed by atoms with Crippen LogP contribution in [0, 0.1) is 5.92 Å². The van der Waals surface area contributed by atoms with Crippen molar-refractivity contribution in [3.05, 3.63) is 16.0 Å². The highest BCUT2D eigenvalue weighted by Crippen LogP contribution is 2.25. The van der Waals surface area contributed by atoms with Crippen molar-refractivity contribution in [2.75, 3.05) is 25.1 Å². The van der Waals surface area contributed by atoms with Crippen molar-refractivity contribution in [2.24, 2.45) is 5.92 Å². The summed E-state index contributed by atoms with van der Waals surface area (Å²) < 4.78 is 6.41. The maximum Gasteiger partial charge on any atom is 0.144 e. The van der Waals surface area contributed by atoms with E-state index in [4.69, 9.17) is 4.74 Å². The van der Waals surface area contributed by atoms with Gasteiger partial charge in [0.05, 0.1) is 10.2 Å². The molecule has 100 valence electrons. The molecule has 0 bridgehead atoms. The third-order valence-electron chi connectivity index (χ3n) is 3.14. The number of aromatic nitrogens is 2. The van der Waals surface area contributed by atoms with Gasteiger partial charge in [0, 0.05) is 26.2 Å². The standard InChI is InChI=1S/C13H20BrN3O/c1-3-10-12(14)13(15-4-2)17-11(16-10)7-9-5-6-18-8-9/h9H,3-8H2,1-2H3,(H,15,16,17). The van der Waals surface area contributed by atoms with Crippen molar-refractivity contribution < 1.29 is 4.74 Å². The lowest BCUT2D eigenvalue weighted by atomic mass is 10.0. The van der Waals surface area contributed by atoms with Crippen LogP contribution in [0.25, 0.3) is 0 Å². The molecular weight excluding hydrogens is 294 g/mol. The zero-order chi connectivity index (χ0) is 13.0. The number of hydrogen-bond donors (Lipinski definition) is 1. The number of nitrogens with one attached hydrogen (secondary N) is 1. The number of hydrogen-bond acceptors (Lipinski definition) is 4. The molecule has 0 amide bonds. The highest BCUT2D eigenvalue weighted by atomic mass is 79.9. The Bertz CT molecular complexity index is 405. The van der Waals surface area contributed by atoms with E-state index in [2.05, 4.69) is 45.1 Å². The summed E-state index contributed by atoms with van der Waals surface area (Å²) >= 11 is 3.58. The minimum Gasteiger partial charge on any atom is -0.381 e. The summed E-state index contributed by atoms with van der Waals surface area (Å²) in [4.78, 5) is 9.25. The molecule has 5 heteroatoms. The molecule has 0 aliphatic carbocycles. The van der Waals surface area contributed by atoms with Crippen molar-refractivity contribution in [2.45, 2.75) is 33.1 Å². The van der Waals surface area contributed by atoms with Crippen LogP contribution in [0.15, 0.2) is 4.47 Å². The summed E-state index contributed by atoms with van der Waals surface area (Å²) in [6.45, 7) is 6.78. The second-order valence-electron chi connectivity index (χ2n) is 4.57. The summed E-state index contributed by atoms with van der Waals surface area (Å²) in [5.74, 6) is 2.42. The summed E-state index contributed by atoms with van der Waals surface area (Å²) in [7, 11) is 0. The lowest BCUT2D eigenvalue weighted by molar-refractivity contribution is 0.185. The van der Waals surface area contributed by atoms with Gasteiger partial charge in [-0.15, -0.1) is 0 Å². The lowest BCUT2D eigenvalue weighted by Crippen LogP contribution is -2.12. The highest BCUT2D eigenvalue weighted by Gasteiger charge is 2.19. The number of halogens is 1. The van der Waals surface area contributed by atoms with Gasteiger partial charge in [-0.05, 0) is 41.6 Å². The Labute approximate surface area is 117 Å². The molecule has 0 radical (unpaired) electrons. The Morgan fingerprint density at radius 1 is 1.39 bits per heavy atom. The van der Waals surface area contributed by atoms with Crippen LogP contribution in [0.5, 0.6) is 0 Å². The van der Waals surface area contributed by atoms with Crippen LogP contribution in [-0.4, -0.2) is 29.7 Å². The molecule has 1 N–H and O–H groups in total. The van der Waals surface area contributed by atoms with Gasteiger partial charge < -0.3 is 10.1 Å². The fourth-order valence-corrected chi connectivity index (χ4v) is 2.76. The van der Waals surface area contributed by atoms with E-state index in [9.17, 15) is 0 Å². The van der Waals surface area contributed by atoms with Gasteiger partial charge in [-0.2, -0.15) is 0 Å². The van der Waals surface area contributed by atoms with E-state index in [0.29, 0.717) is 5.92 Å². The topological polar surface area (TPSA) is 47.0 Å². The van der Waals surface area contributed by atoms with Crippen molar-refractivity contribution in [3.8, 4) is 0 Å². The molecule has 0 saturated carbocycles. The molecule has 2 heterocycles. The van der Waals surface area contributed by atoms with Crippen molar-refractivity contribution >= 4 is 21.7 Å². The Morgan fingerprint density at radius 3 is 2.83 bits per heavy atom. The average Bonchev–Trinajstić information content (AvgIpc) is 2.86. The molecule has 2 rings (SSSR count). The van der Waals surface area contributed by atoms with Crippen LogP contribution in [0.1, 0.15) is 31.8 Å². The van der Waals surface area contributed by atoms with Gasteiger partial charge >= 0.3 is 0 Å². The van der Waals surface area contributed by atoms with Gasteiger partial charge in [0.2, 0.25) is 0 Å². The van der Waals surface area contributed by atoms with Crippen LogP contribution >= 0.6 is 15.9 Å². The third-order valence-corrected chi connectivity index (χ3v) is 3.97. The van der Waals surface area contributed by atoms with Crippen LogP contribution in [0.3, 0.4) is 0 Å². The lowest BCUT2D eigenvalue weighted by Gasteiger charge is -2.13. The minimum absolute atomic E-state index is 0.574. The predicted octanol–water partition coefficient (Wildman–Crippen LogP) is 2.81. The first kappa shape index (κ1) is 13.7. The first-order chi connectivity index (χ1) is 8.74. The fourth-order valence-electron chi connectivity index (χ4n) is 2.16. The summed E-state index contributed by atoms with van der Waals surface area (Å²) in [5.41, 5.74) is 1.08. The molecule has 1 saturated heterocycles. The first-order valence-electron chi connectivity index (χ1n) is 6.61. The van der Waals surface area contributed by atoms with Gasteiger partial charge in [0.1, 0.15) is 11.6 Å². The Hall–Kier alpha value is -0.680. The molecule has 1 atom stereocenters. The van der Waals surface area contributed by atoms with E-state index in [1.807, 2.05) is 0 Å². The Kier molecular flexibility index (Phi) is 4.95. The summed E-state index contributed by atoms with van der Waals surface area (Å²) in [6, 6.07) is 0. The normalized spacial score (nSPS) is 19.2. The van der Waals surface area contributed by atoms with Gasteiger partial charge in [0.15, 0.2) is 0 Å². The second-order valence-corrected chi connectivity index (χ2v) is 5.36. The molecule has 1 aromatic heterocycles. The fraction of sp³-hybridized carbons (Fsp3) is 0.692. The van der Waals surface area contributed by atoms with E-state index < -0.39 is 0 Å². The first-order valence-corrected chi connectivity index (χ1v) is 7.40. The average molecular weight is 314 g/mol. The van der Waals surface area contributed by atoms with Crippen LogP contribution in [-0.2, 0) is 17.6 Å². The maximum absolute atomic E-state index is 5.41. The number of nitrogens with zero attached hydrogens (tertiary/aromatic N) is 2. The zero-order valence-electron chi connectivity index (χ0n) is 11.0. The van der Waals surface area contributed by atoms with E-state index in [-0.39, 0.29) is 0 Å². The van der Waals surface area contributed by atoms with E-state index >= 15 is 0 Å². The molecule has 1 aliphatic rings. The third kappa shape index (κ3) is 3.20. The Balaban J connectivity index is 2.20. The SMILES string of the molecule is CCNc1nc(CC2CCOC2)nc(CC)c1Br. The number of aryl methyl sites for hydroxylation is 1. The van der Waals surface area contributed by atoms with Gasteiger partial charge in [0.25, 0.3) is 0 Å².